The zero-order valence-electron chi connectivity index (χ0n) is 18.3. The second-order valence-electron chi connectivity index (χ2n) is 7.45. The molecule has 0 amide bonds. The topological polar surface area (TPSA) is 68.2 Å². The molecule has 6 nitrogen and oxygen atoms in total. The third kappa shape index (κ3) is 5.25. The average molecular weight is 448 g/mol. The molecule has 0 radical (unpaired) electrons. The number of piperidine rings is 1. The molecule has 2 aromatic carbocycles. The van der Waals surface area contributed by atoms with E-state index in [0.29, 0.717) is 48.5 Å². The fraction of sp³-hybridized carbons (Fsp3) is 0.458. The summed E-state index contributed by atoms with van der Waals surface area (Å²) in [6.45, 7) is 5.53. The summed E-state index contributed by atoms with van der Waals surface area (Å²) in [5.41, 5.74) is 1.73. The molecule has 1 aliphatic heterocycles. The Morgan fingerprint density at radius 1 is 1.10 bits per heavy atom. The highest BCUT2D eigenvalue weighted by molar-refractivity contribution is 6.30. The van der Waals surface area contributed by atoms with Gasteiger partial charge in [0.25, 0.3) is 0 Å². The van der Waals surface area contributed by atoms with E-state index < -0.39 is 12.0 Å². The Morgan fingerprint density at radius 3 is 2.48 bits per heavy atom. The summed E-state index contributed by atoms with van der Waals surface area (Å²) in [5.74, 6) is 1.15. The van der Waals surface area contributed by atoms with Gasteiger partial charge in [0.05, 0.1) is 26.4 Å². The molecule has 0 bridgehead atoms. The van der Waals surface area contributed by atoms with E-state index in [1.807, 2.05) is 49.1 Å². The summed E-state index contributed by atoms with van der Waals surface area (Å²) in [6.07, 6.45) is 2.42. The van der Waals surface area contributed by atoms with Crippen LogP contribution >= 0.6 is 11.6 Å². The number of likely N-dealkylation sites (tertiary alicyclic amines) is 1. The minimum atomic E-state index is -0.818. The molecule has 1 saturated heterocycles. The van der Waals surface area contributed by atoms with Crippen molar-refractivity contribution in [1.29, 1.82) is 0 Å². The minimum Gasteiger partial charge on any atom is -0.496 e. The molecule has 2 unspecified atom stereocenters. The molecular formula is C24H30ClNO5. The van der Waals surface area contributed by atoms with Gasteiger partial charge in [0, 0.05) is 10.6 Å². The molecule has 0 aromatic heterocycles. The van der Waals surface area contributed by atoms with Crippen molar-refractivity contribution in [2.75, 3.05) is 26.9 Å². The maximum Gasteiger partial charge on any atom is 0.320 e. The number of halogens is 1. The standard InChI is InChI=1S/C24H30ClNO5/c1-4-30-21-11-9-16(14-22(21)31-5-2)23(18-15-17(25)10-12-20(18)29-3)26-13-7-6-8-19(26)24(27)28/h9-12,14-15,19,23H,4-8,13H2,1-3H3,(H,27,28). The van der Waals surface area contributed by atoms with E-state index in [2.05, 4.69) is 0 Å². The summed E-state index contributed by atoms with van der Waals surface area (Å²) in [4.78, 5) is 14.2. The molecular weight excluding hydrogens is 418 g/mol. The number of carboxylic acids is 1. The first-order chi connectivity index (χ1) is 15.0. The monoisotopic (exact) mass is 447 g/mol. The van der Waals surface area contributed by atoms with Gasteiger partial charge >= 0.3 is 5.97 Å². The van der Waals surface area contributed by atoms with Crippen LogP contribution in [0.15, 0.2) is 36.4 Å². The fourth-order valence-electron chi connectivity index (χ4n) is 4.23. The van der Waals surface area contributed by atoms with Crippen LogP contribution in [0.3, 0.4) is 0 Å². The van der Waals surface area contributed by atoms with Crippen molar-refractivity contribution in [2.24, 2.45) is 0 Å². The predicted molar refractivity (Wildman–Crippen MR) is 121 cm³/mol. The lowest BCUT2D eigenvalue weighted by atomic mass is 9.91. The first-order valence-corrected chi connectivity index (χ1v) is 11.1. The normalized spacial score (nSPS) is 17.7. The van der Waals surface area contributed by atoms with Gasteiger partial charge < -0.3 is 19.3 Å². The number of carboxylic acid groups (broad SMARTS) is 1. The number of methoxy groups -OCH3 is 1. The minimum absolute atomic E-state index is 0.357. The third-order valence-corrected chi connectivity index (χ3v) is 5.77. The molecule has 0 aliphatic carbocycles. The zero-order chi connectivity index (χ0) is 22.4. The smallest absolute Gasteiger partial charge is 0.320 e. The Hall–Kier alpha value is -2.44. The van der Waals surface area contributed by atoms with E-state index in [9.17, 15) is 9.90 Å². The average Bonchev–Trinajstić information content (AvgIpc) is 2.76. The molecule has 31 heavy (non-hydrogen) atoms. The summed E-state index contributed by atoms with van der Waals surface area (Å²) in [5, 5.41) is 10.5. The molecule has 2 aromatic rings. The van der Waals surface area contributed by atoms with Crippen molar-refractivity contribution >= 4 is 17.6 Å². The highest BCUT2D eigenvalue weighted by Gasteiger charge is 2.36. The molecule has 0 saturated carbocycles. The maximum absolute atomic E-state index is 12.1. The van der Waals surface area contributed by atoms with Crippen molar-refractivity contribution < 1.29 is 24.1 Å². The van der Waals surface area contributed by atoms with Gasteiger partial charge in [-0.1, -0.05) is 24.1 Å². The van der Waals surface area contributed by atoms with Gasteiger partial charge in [-0.2, -0.15) is 0 Å². The van der Waals surface area contributed by atoms with Gasteiger partial charge in [-0.05, 0) is 69.1 Å². The van der Waals surface area contributed by atoms with Crippen molar-refractivity contribution in [2.45, 2.75) is 45.2 Å². The van der Waals surface area contributed by atoms with Crippen LogP contribution in [0.25, 0.3) is 0 Å². The number of aliphatic carboxylic acids is 1. The summed E-state index contributed by atoms with van der Waals surface area (Å²) >= 11 is 6.36. The summed E-state index contributed by atoms with van der Waals surface area (Å²) in [7, 11) is 1.61. The molecule has 3 rings (SSSR count). The second-order valence-corrected chi connectivity index (χ2v) is 7.89. The molecule has 2 atom stereocenters. The van der Waals surface area contributed by atoms with Crippen LogP contribution < -0.4 is 14.2 Å². The van der Waals surface area contributed by atoms with Crippen molar-refractivity contribution in [3.63, 3.8) is 0 Å². The Morgan fingerprint density at radius 2 is 1.81 bits per heavy atom. The van der Waals surface area contributed by atoms with Crippen LogP contribution in [0.1, 0.15) is 50.3 Å². The van der Waals surface area contributed by atoms with Crippen LogP contribution in [0.5, 0.6) is 17.2 Å². The van der Waals surface area contributed by atoms with Gasteiger partial charge in [0.2, 0.25) is 0 Å². The van der Waals surface area contributed by atoms with E-state index in [4.69, 9.17) is 25.8 Å². The van der Waals surface area contributed by atoms with Gasteiger partial charge in [-0.15, -0.1) is 0 Å². The lowest BCUT2D eigenvalue weighted by Crippen LogP contribution is -2.46. The Balaban J connectivity index is 2.18. The summed E-state index contributed by atoms with van der Waals surface area (Å²) in [6, 6.07) is 10.3. The van der Waals surface area contributed by atoms with Gasteiger partial charge in [-0.3, -0.25) is 9.69 Å². The van der Waals surface area contributed by atoms with Crippen LogP contribution in [0, 0.1) is 0 Å². The van der Waals surface area contributed by atoms with Crippen LogP contribution in [0.4, 0.5) is 0 Å². The lowest BCUT2D eigenvalue weighted by Gasteiger charge is -2.40. The quantitative estimate of drug-likeness (QED) is 0.571. The van der Waals surface area contributed by atoms with E-state index in [-0.39, 0.29) is 6.04 Å². The third-order valence-electron chi connectivity index (χ3n) is 5.53. The zero-order valence-corrected chi connectivity index (χ0v) is 19.0. The van der Waals surface area contributed by atoms with Crippen molar-refractivity contribution in [1.82, 2.24) is 4.90 Å². The molecule has 168 valence electrons. The predicted octanol–water partition coefficient (Wildman–Crippen LogP) is 5.17. The van der Waals surface area contributed by atoms with E-state index in [1.54, 1.807) is 13.2 Å². The van der Waals surface area contributed by atoms with Crippen molar-refractivity contribution in [3.8, 4) is 17.2 Å². The lowest BCUT2D eigenvalue weighted by molar-refractivity contribution is -0.145. The summed E-state index contributed by atoms with van der Waals surface area (Å²) < 4.78 is 17.2. The van der Waals surface area contributed by atoms with Crippen LogP contribution in [0.2, 0.25) is 5.02 Å². The van der Waals surface area contributed by atoms with Gasteiger partial charge in [0.15, 0.2) is 11.5 Å². The van der Waals surface area contributed by atoms with Crippen LogP contribution in [-0.2, 0) is 4.79 Å². The number of hydrogen-bond acceptors (Lipinski definition) is 5. The van der Waals surface area contributed by atoms with Crippen LogP contribution in [-0.4, -0.2) is 48.9 Å². The fourth-order valence-corrected chi connectivity index (χ4v) is 4.42. The number of ether oxygens (including phenoxy) is 3. The van der Waals surface area contributed by atoms with Gasteiger partial charge in [0.1, 0.15) is 11.8 Å². The van der Waals surface area contributed by atoms with E-state index in [0.717, 1.165) is 24.0 Å². The molecule has 1 N–H and O–H groups in total. The molecule has 7 heteroatoms. The first kappa shape index (κ1) is 23.2. The number of rotatable bonds is 9. The number of nitrogens with zero attached hydrogens (tertiary/aromatic N) is 1. The molecule has 1 aliphatic rings. The Kier molecular flexibility index (Phi) is 8.04. The van der Waals surface area contributed by atoms with Gasteiger partial charge in [-0.25, -0.2) is 0 Å². The number of hydrogen-bond donors (Lipinski definition) is 1. The SMILES string of the molecule is CCOc1ccc(C(c2cc(Cl)ccc2OC)N2CCCCC2C(=O)O)cc1OCC. The number of benzene rings is 2. The maximum atomic E-state index is 12.1. The largest absolute Gasteiger partial charge is 0.496 e. The first-order valence-electron chi connectivity index (χ1n) is 10.7. The molecule has 1 fully saturated rings. The molecule has 1 heterocycles. The highest BCUT2D eigenvalue weighted by Crippen LogP contribution is 2.42. The molecule has 0 spiro atoms. The van der Waals surface area contributed by atoms with Crippen molar-refractivity contribution in [3.05, 3.63) is 52.5 Å². The number of carbonyl (C=O) groups is 1. The second kappa shape index (κ2) is 10.7. The highest BCUT2D eigenvalue weighted by atomic mass is 35.5. The Labute approximate surface area is 188 Å². The van der Waals surface area contributed by atoms with E-state index in [1.165, 1.54) is 0 Å². The van der Waals surface area contributed by atoms with E-state index >= 15 is 0 Å². The Bertz CT molecular complexity index is 904.